The first-order valence-electron chi connectivity index (χ1n) is 18.9. The second-order valence-electron chi connectivity index (χ2n) is 18.5. The van der Waals surface area contributed by atoms with Crippen molar-refractivity contribution >= 4 is 49.4 Å². The van der Waals surface area contributed by atoms with Crippen molar-refractivity contribution in [2.24, 2.45) is 39.4 Å². The average molecular weight is 723 g/mol. The normalized spacial score (nSPS) is 42.1. The molecule has 1 spiro atoms. The van der Waals surface area contributed by atoms with Gasteiger partial charge in [0.15, 0.2) is 5.78 Å². The highest BCUT2D eigenvalue weighted by atomic mass is 35.5. The Hall–Kier alpha value is -2.24. The largest absolute Gasteiger partial charge is 0.462 e. The van der Waals surface area contributed by atoms with Crippen molar-refractivity contribution in [3.05, 3.63) is 40.4 Å². The molecule has 5 fully saturated rings. The number of halogens is 1. The summed E-state index contributed by atoms with van der Waals surface area (Å²) in [4.78, 5) is 54.5. The molecule has 2 N–H and O–H groups in total. The Morgan fingerprint density at radius 1 is 0.920 bits per heavy atom. The van der Waals surface area contributed by atoms with E-state index in [-0.39, 0.29) is 74.5 Å². The van der Waals surface area contributed by atoms with Gasteiger partial charge < -0.3 is 15.4 Å². The zero-order valence-corrected chi connectivity index (χ0v) is 33.2. The summed E-state index contributed by atoms with van der Waals surface area (Å²) in [7, 11) is 0.813. The van der Waals surface area contributed by atoms with Crippen LogP contribution in [0.5, 0.6) is 0 Å². The number of ketones is 1. The van der Waals surface area contributed by atoms with Gasteiger partial charge in [0, 0.05) is 34.4 Å². The number of carbonyl (C=O) groups is 4. The molecule has 9 heteroatoms. The highest BCUT2D eigenvalue weighted by Crippen LogP contribution is 2.89. The lowest BCUT2D eigenvalue weighted by atomic mass is 9.34. The third-order valence-corrected chi connectivity index (χ3v) is 18.7. The fourth-order valence-corrected chi connectivity index (χ4v) is 15.6. The second-order valence-corrected chi connectivity index (χ2v) is 21.1. The van der Waals surface area contributed by atoms with E-state index < -0.39 is 11.0 Å². The lowest BCUT2D eigenvalue weighted by Gasteiger charge is -2.71. The van der Waals surface area contributed by atoms with E-state index in [9.17, 15) is 19.2 Å². The molecular weight excluding hydrogens is 667 g/mol. The van der Waals surface area contributed by atoms with E-state index in [1.54, 1.807) is 45.0 Å². The van der Waals surface area contributed by atoms with E-state index >= 15 is 0 Å². The number of allylic oxidation sites excluding steroid dienone is 1. The fraction of sp³-hybridized carbons (Fsp3) is 0.707. The highest BCUT2D eigenvalue weighted by Gasteiger charge is 2.82. The number of Topliss-reactive ketones (excluding diaryl/α,β-unsaturated/α-hetero) is 1. The third-order valence-electron chi connectivity index (χ3n) is 15.6. The van der Waals surface area contributed by atoms with Crippen molar-refractivity contribution in [1.29, 1.82) is 0 Å². The molecule has 272 valence electrons. The number of benzene rings is 1. The summed E-state index contributed by atoms with van der Waals surface area (Å²) in [5.74, 6) is 0.0710. The minimum Gasteiger partial charge on any atom is -0.462 e. The van der Waals surface area contributed by atoms with Gasteiger partial charge in [-0.25, -0.2) is 0 Å². The van der Waals surface area contributed by atoms with E-state index in [2.05, 4.69) is 52.2 Å². The van der Waals surface area contributed by atoms with Gasteiger partial charge in [-0.15, -0.1) is 8.58 Å². The number of anilines is 1. The number of esters is 1. The Labute approximate surface area is 305 Å². The minimum absolute atomic E-state index is 0.0114. The molecular formula is C41H56ClN2O5P. The van der Waals surface area contributed by atoms with Gasteiger partial charge in [-0.1, -0.05) is 53.1 Å². The summed E-state index contributed by atoms with van der Waals surface area (Å²) < 4.78 is 5.97. The van der Waals surface area contributed by atoms with Crippen molar-refractivity contribution < 1.29 is 23.9 Å². The zero-order valence-electron chi connectivity index (χ0n) is 31.4. The van der Waals surface area contributed by atoms with Crippen LogP contribution in [0.1, 0.15) is 120 Å². The second kappa shape index (κ2) is 11.4. The number of nitrogens with one attached hydrogen (secondary N) is 2. The molecule has 1 aliphatic heterocycles. The molecule has 0 bridgehead atoms. The van der Waals surface area contributed by atoms with Gasteiger partial charge in [0.2, 0.25) is 11.8 Å². The predicted octanol–water partition coefficient (Wildman–Crippen LogP) is 8.63. The summed E-state index contributed by atoms with van der Waals surface area (Å²) in [6.45, 7) is 19.2. The van der Waals surface area contributed by atoms with Gasteiger partial charge in [0.1, 0.15) is 11.6 Å². The van der Waals surface area contributed by atoms with Crippen LogP contribution in [0, 0.1) is 39.4 Å². The van der Waals surface area contributed by atoms with Gasteiger partial charge in [0.25, 0.3) is 0 Å². The lowest BCUT2D eigenvalue weighted by molar-refractivity contribution is -0.193. The van der Waals surface area contributed by atoms with Crippen LogP contribution < -0.4 is 10.6 Å². The fourth-order valence-electron chi connectivity index (χ4n) is 12.8. The predicted molar refractivity (Wildman–Crippen MR) is 199 cm³/mol. The van der Waals surface area contributed by atoms with Crippen LogP contribution in [0.15, 0.2) is 35.4 Å². The number of ether oxygens (including phenoxy) is 1. The van der Waals surface area contributed by atoms with Crippen molar-refractivity contribution in [3.63, 3.8) is 0 Å². The quantitative estimate of drug-likeness (QED) is 0.226. The average Bonchev–Trinajstić information content (AvgIpc) is 3.55. The first-order chi connectivity index (χ1) is 23.2. The summed E-state index contributed by atoms with van der Waals surface area (Å²) in [6, 6.07) is 6.91. The monoisotopic (exact) mass is 722 g/mol. The van der Waals surface area contributed by atoms with Crippen LogP contribution in [0.4, 0.5) is 5.69 Å². The maximum atomic E-state index is 14.8. The molecule has 1 aromatic carbocycles. The van der Waals surface area contributed by atoms with Crippen LogP contribution in [-0.4, -0.2) is 45.5 Å². The summed E-state index contributed by atoms with van der Waals surface area (Å²) >= 11 is 6.05. The van der Waals surface area contributed by atoms with Gasteiger partial charge >= 0.3 is 5.97 Å². The van der Waals surface area contributed by atoms with Gasteiger partial charge in [-0.2, -0.15) is 0 Å². The maximum Gasteiger partial charge on any atom is 0.302 e. The molecule has 0 aromatic heterocycles. The highest BCUT2D eigenvalue weighted by molar-refractivity contribution is 7.52. The van der Waals surface area contributed by atoms with Gasteiger partial charge in [0.05, 0.1) is 5.41 Å². The molecule has 0 radical (unpaired) electrons. The van der Waals surface area contributed by atoms with E-state index in [0.717, 1.165) is 64.7 Å². The number of rotatable bonds is 6. The number of hydrogen-bond donors (Lipinski definition) is 2. The van der Waals surface area contributed by atoms with E-state index in [1.165, 1.54) is 0 Å². The molecule has 1 unspecified atom stereocenters. The van der Waals surface area contributed by atoms with Crippen LogP contribution in [0.3, 0.4) is 0 Å². The summed E-state index contributed by atoms with van der Waals surface area (Å²) in [5.41, 5.74) is 0.516. The van der Waals surface area contributed by atoms with Gasteiger partial charge in [-0.3, -0.25) is 19.2 Å². The van der Waals surface area contributed by atoms with Gasteiger partial charge in [-0.05, 0) is 135 Å². The standard InChI is InChI=1S/C41H56ClN2O5P/c1-23(2)31-28(46)22-40(34(48)44-35(4,5)33(47)43-26-12-10-25(42)11-13-26)20-18-36(6)27(32(31)40)14-15-29-37(36,7)19-21-41-38(29,8)17-16-30(49-24(3)45)39(41,9)50-41/h10-13,23,27,29-30,50H,14-22H2,1-9H3,(H,43,47)(H,44,48)/t27-,29+,30+,36-,37-,38-,39-,40-,41+/m1/s1. The molecule has 4 saturated carbocycles. The molecule has 1 aromatic rings. The molecule has 10 atom stereocenters. The molecule has 7 nitrogen and oxygen atoms in total. The topological polar surface area (TPSA) is 102 Å². The molecule has 1 heterocycles. The van der Waals surface area contributed by atoms with Crippen molar-refractivity contribution in [3.8, 4) is 0 Å². The first-order valence-corrected chi connectivity index (χ1v) is 20.2. The van der Waals surface area contributed by atoms with E-state index in [1.807, 2.05) is 0 Å². The Balaban J connectivity index is 1.21. The zero-order chi connectivity index (χ0) is 36.4. The van der Waals surface area contributed by atoms with E-state index in [0.29, 0.717) is 23.0 Å². The molecule has 1 saturated heterocycles. The Bertz CT molecular complexity index is 1710. The van der Waals surface area contributed by atoms with Crippen LogP contribution in [0.25, 0.3) is 0 Å². The third kappa shape index (κ3) is 4.69. The maximum absolute atomic E-state index is 14.8. The number of hydrogen-bond acceptors (Lipinski definition) is 5. The first kappa shape index (κ1) is 36.1. The minimum atomic E-state index is -1.21. The number of carbonyl (C=O) groups excluding carboxylic acids is 4. The van der Waals surface area contributed by atoms with Crippen LogP contribution in [0.2, 0.25) is 5.02 Å². The SMILES string of the molecule is CC(=O)O[C@H]1CC[C@]2(C)[C@H]3CC[C@@H]4C5=C(C(C)C)C(=O)C[C@]5(C(=O)NC(C)(C)C(=O)Nc5ccc(Cl)cc5)CC[C@@]4(C)[C@]3(C)CC[C@]23P[C@]13C. The van der Waals surface area contributed by atoms with Crippen LogP contribution >= 0.6 is 20.2 Å². The number of amides is 2. The molecule has 2 amide bonds. The number of fused-ring (bicyclic) bond motifs is 6. The van der Waals surface area contributed by atoms with E-state index in [4.69, 9.17) is 16.3 Å². The molecule has 50 heavy (non-hydrogen) atoms. The molecule has 6 aliphatic rings. The Morgan fingerprint density at radius 2 is 1.58 bits per heavy atom. The summed E-state index contributed by atoms with van der Waals surface area (Å²) in [5, 5.41) is 6.93. The van der Waals surface area contributed by atoms with Crippen LogP contribution in [-0.2, 0) is 23.9 Å². The molecule has 7 rings (SSSR count). The summed E-state index contributed by atoms with van der Waals surface area (Å²) in [6.07, 6.45) is 7.97. The smallest absolute Gasteiger partial charge is 0.302 e. The van der Waals surface area contributed by atoms with Crippen molar-refractivity contribution in [1.82, 2.24) is 5.32 Å². The Kier molecular flexibility index (Phi) is 8.22. The lowest BCUT2D eigenvalue weighted by Crippen LogP contribution is -2.67. The van der Waals surface area contributed by atoms with Crippen molar-refractivity contribution in [2.75, 3.05) is 5.32 Å². The molecule has 5 aliphatic carbocycles. The Morgan fingerprint density at radius 3 is 2.22 bits per heavy atom. The van der Waals surface area contributed by atoms with Crippen molar-refractivity contribution in [2.45, 2.75) is 142 Å².